The number of β-amino-alcohol motifs (C(OH)–C–C–N with tert-alkyl or cyclic N) is 1. The van der Waals surface area contributed by atoms with Crippen molar-refractivity contribution in [1.29, 1.82) is 0 Å². The van der Waals surface area contributed by atoms with E-state index in [9.17, 15) is 9.90 Å². The Hall–Kier alpha value is -0.710. The highest BCUT2D eigenvalue weighted by Crippen LogP contribution is 2.24. The van der Waals surface area contributed by atoms with E-state index in [4.69, 9.17) is 23.2 Å². The van der Waals surface area contributed by atoms with Crippen LogP contribution in [0.3, 0.4) is 0 Å². The first-order chi connectivity index (χ1) is 7.99. The van der Waals surface area contributed by atoms with Crippen LogP contribution in [0, 0.1) is 5.92 Å². The number of aliphatic hydroxyl groups excluding tert-OH is 1. The molecule has 0 radical (unpaired) electrons. The molecule has 0 spiro atoms. The van der Waals surface area contributed by atoms with Crippen molar-refractivity contribution in [2.75, 3.05) is 13.1 Å². The lowest BCUT2D eigenvalue weighted by Crippen LogP contribution is -2.45. The van der Waals surface area contributed by atoms with Gasteiger partial charge < -0.3 is 15.0 Å². The van der Waals surface area contributed by atoms with E-state index in [0.29, 0.717) is 23.8 Å². The van der Waals surface area contributed by atoms with Gasteiger partial charge in [-0.25, -0.2) is 0 Å². The summed E-state index contributed by atoms with van der Waals surface area (Å²) < 4.78 is 0. The Balaban J connectivity index is 2.10. The number of H-pyrrole nitrogens is 1. The highest BCUT2D eigenvalue weighted by Gasteiger charge is 2.28. The molecular formula is C11H14Cl2N2O2. The summed E-state index contributed by atoms with van der Waals surface area (Å²) in [6.07, 6.45) is 0.336. The van der Waals surface area contributed by atoms with Crippen molar-refractivity contribution in [1.82, 2.24) is 9.88 Å². The molecule has 4 nitrogen and oxygen atoms in total. The lowest BCUT2D eigenvalue weighted by Gasteiger charge is -2.34. The summed E-state index contributed by atoms with van der Waals surface area (Å²) >= 11 is 11.5. The minimum absolute atomic E-state index is 0.176. The molecule has 17 heavy (non-hydrogen) atoms. The van der Waals surface area contributed by atoms with Gasteiger partial charge in [0.2, 0.25) is 0 Å². The summed E-state index contributed by atoms with van der Waals surface area (Å²) in [5.41, 5.74) is 0.363. The molecule has 0 aromatic carbocycles. The molecule has 1 aliphatic heterocycles. The molecule has 0 bridgehead atoms. The minimum Gasteiger partial charge on any atom is -0.391 e. The van der Waals surface area contributed by atoms with Gasteiger partial charge >= 0.3 is 0 Å². The average Bonchev–Trinajstić information content (AvgIpc) is 2.62. The number of nitrogens with one attached hydrogen (secondary N) is 1. The lowest BCUT2D eigenvalue weighted by molar-refractivity contribution is 0.0245. The second-order valence-corrected chi connectivity index (χ2v) is 5.21. The highest BCUT2D eigenvalue weighted by atomic mass is 35.5. The summed E-state index contributed by atoms with van der Waals surface area (Å²) in [6.45, 7) is 2.98. The number of likely N-dealkylation sites (tertiary alicyclic amines) is 1. The second-order valence-electron chi connectivity index (χ2n) is 4.43. The number of aliphatic hydroxyl groups is 1. The highest BCUT2D eigenvalue weighted by molar-refractivity contribution is 6.41. The summed E-state index contributed by atoms with van der Waals surface area (Å²) in [5.74, 6) is 0.0552. The van der Waals surface area contributed by atoms with Gasteiger partial charge in [-0.05, 0) is 18.4 Å². The number of carbonyl (C=O) groups excluding carboxylic acids is 1. The van der Waals surface area contributed by atoms with Crippen LogP contribution in [0.2, 0.25) is 10.2 Å². The molecule has 2 heterocycles. The van der Waals surface area contributed by atoms with Crippen molar-refractivity contribution in [3.63, 3.8) is 0 Å². The summed E-state index contributed by atoms with van der Waals surface area (Å²) in [4.78, 5) is 16.4. The maximum absolute atomic E-state index is 12.1. The molecule has 2 N–H and O–H groups in total. The van der Waals surface area contributed by atoms with Crippen LogP contribution in [0.25, 0.3) is 0 Å². The number of carbonyl (C=O) groups is 1. The van der Waals surface area contributed by atoms with Gasteiger partial charge in [0.25, 0.3) is 5.91 Å². The third kappa shape index (κ3) is 2.59. The molecule has 1 amide bonds. The van der Waals surface area contributed by atoms with Crippen LogP contribution in [0.4, 0.5) is 0 Å². The number of amides is 1. The van der Waals surface area contributed by atoms with E-state index in [0.717, 1.165) is 6.42 Å². The maximum atomic E-state index is 12.1. The number of hydrogen-bond acceptors (Lipinski definition) is 2. The van der Waals surface area contributed by atoms with Crippen LogP contribution in [-0.2, 0) is 0 Å². The number of halogens is 2. The van der Waals surface area contributed by atoms with Crippen molar-refractivity contribution in [3.8, 4) is 0 Å². The van der Waals surface area contributed by atoms with Crippen molar-refractivity contribution in [2.24, 2.45) is 5.92 Å². The molecular weight excluding hydrogens is 263 g/mol. The van der Waals surface area contributed by atoms with Gasteiger partial charge in [-0.15, -0.1) is 0 Å². The van der Waals surface area contributed by atoms with E-state index >= 15 is 0 Å². The van der Waals surface area contributed by atoms with Crippen LogP contribution in [0.15, 0.2) is 6.07 Å². The largest absolute Gasteiger partial charge is 0.391 e. The van der Waals surface area contributed by atoms with Gasteiger partial charge in [-0.2, -0.15) is 0 Å². The average molecular weight is 277 g/mol. The van der Waals surface area contributed by atoms with E-state index in [1.807, 2.05) is 6.92 Å². The number of nitrogens with zero attached hydrogens (tertiary/aromatic N) is 1. The maximum Gasteiger partial charge on any atom is 0.270 e. The minimum atomic E-state index is -0.464. The van der Waals surface area contributed by atoms with E-state index in [1.54, 1.807) is 4.90 Å². The molecule has 2 rings (SSSR count). The molecule has 1 aromatic rings. The Morgan fingerprint density at radius 1 is 1.59 bits per heavy atom. The summed E-state index contributed by atoms with van der Waals surface area (Å²) in [7, 11) is 0. The second kappa shape index (κ2) is 4.88. The number of piperidine rings is 1. The van der Waals surface area contributed by atoms with Gasteiger partial charge in [0.05, 0.1) is 11.1 Å². The number of aromatic nitrogens is 1. The molecule has 1 aromatic heterocycles. The topological polar surface area (TPSA) is 56.3 Å². The van der Waals surface area contributed by atoms with Crippen molar-refractivity contribution in [3.05, 3.63) is 21.9 Å². The van der Waals surface area contributed by atoms with E-state index in [-0.39, 0.29) is 17.0 Å². The Morgan fingerprint density at radius 2 is 2.29 bits per heavy atom. The smallest absolute Gasteiger partial charge is 0.270 e. The first kappa shape index (κ1) is 12.7. The first-order valence-corrected chi connectivity index (χ1v) is 6.26. The fourth-order valence-corrected chi connectivity index (χ4v) is 2.24. The van der Waals surface area contributed by atoms with Crippen LogP contribution in [-0.4, -0.2) is 40.1 Å². The van der Waals surface area contributed by atoms with Gasteiger partial charge in [0.15, 0.2) is 0 Å². The molecule has 1 aliphatic rings. The Morgan fingerprint density at radius 3 is 2.82 bits per heavy atom. The van der Waals surface area contributed by atoms with E-state index < -0.39 is 6.10 Å². The summed E-state index contributed by atoms with van der Waals surface area (Å²) in [6, 6.07) is 1.51. The Kier molecular flexibility index (Phi) is 3.66. The molecule has 94 valence electrons. The lowest BCUT2D eigenvalue weighted by atomic mass is 9.96. The third-order valence-corrected chi connectivity index (χ3v) is 3.85. The van der Waals surface area contributed by atoms with Gasteiger partial charge in [-0.3, -0.25) is 4.79 Å². The van der Waals surface area contributed by atoms with E-state index in [2.05, 4.69) is 4.98 Å². The Bertz CT molecular complexity index is 414. The van der Waals surface area contributed by atoms with Crippen LogP contribution in [0.5, 0.6) is 0 Å². The SMILES string of the molecule is CC1CCN(C(=O)c2cc(Cl)c(Cl)[nH]2)CC1O. The predicted octanol–water partition coefficient (Wildman–Crippen LogP) is 2.16. The number of rotatable bonds is 1. The van der Waals surface area contributed by atoms with E-state index in [1.165, 1.54) is 6.07 Å². The fourth-order valence-electron chi connectivity index (χ4n) is 1.92. The van der Waals surface area contributed by atoms with Gasteiger partial charge in [0, 0.05) is 13.1 Å². The molecule has 6 heteroatoms. The molecule has 1 fully saturated rings. The van der Waals surface area contributed by atoms with Crippen LogP contribution < -0.4 is 0 Å². The zero-order chi connectivity index (χ0) is 12.6. The summed E-state index contributed by atoms with van der Waals surface area (Å²) in [5, 5.41) is 10.3. The molecule has 2 atom stereocenters. The van der Waals surface area contributed by atoms with Crippen molar-refractivity contribution >= 4 is 29.1 Å². The van der Waals surface area contributed by atoms with Gasteiger partial charge in [-0.1, -0.05) is 30.1 Å². The quantitative estimate of drug-likeness (QED) is 0.826. The zero-order valence-electron chi connectivity index (χ0n) is 9.41. The zero-order valence-corrected chi connectivity index (χ0v) is 10.9. The molecule has 1 saturated heterocycles. The third-order valence-electron chi connectivity index (χ3n) is 3.16. The molecule has 0 aliphatic carbocycles. The van der Waals surface area contributed by atoms with Gasteiger partial charge in [0.1, 0.15) is 10.8 Å². The number of hydrogen-bond donors (Lipinski definition) is 2. The fraction of sp³-hybridized carbons (Fsp3) is 0.545. The van der Waals surface area contributed by atoms with Crippen LogP contribution >= 0.6 is 23.2 Å². The molecule has 0 saturated carbocycles. The standard InChI is InChI=1S/C11H14Cl2N2O2/c1-6-2-3-15(5-9(6)16)11(17)8-4-7(12)10(13)14-8/h4,6,9,14,16H,2-3,5H2,1H3. The van der Waals surface area contributed by atoms with Crippen molar-refractivity contribution in [2.45, 2.75) is 19.4 Å². The molecule has 2 unspecified atom stereocenters. The van der Waals surface area contributed by atoms with Crippen molar-refractivity contribution < 1.29 is 9.90 Å². The van der Waals surface area contributed by atoms with Crippen LogP contribution in [0.1, 0.15) is 23.8 Å². The monoisotopic (exact) mass is 276 g/mol. The Labute approximate surface area is 110 Å². The predicted molar refractivity (Wildman–Crippen MR) is 66.5 cm³/mol. The first-order valence-electron chi connectivity index (χ1n) is 5.50. The number of aromatic amines is 1. The normalized spacial score (nSPS) is 25.1.